The molecule has 0 unspecified atom stereocenters. The van der Waals surface area contributed by atoms with Crippen molar-refractivity contribution in [1.29, 1.82) is 0 Å². The average Bonchev–Trinajstić information content (AvgIpc) is 3.47. The number of carbonyl (C=O) groups excluding carboxylic acids is 3. The smallest absolute Gasteiger partial charge is 0.338 e. The average molecular weight is 483 g/mol. The molecule has 3 aromatic heterocycles. The maximum absolute atomic E-state index is 12.7. The number of pyridine rings is 1. The fraction of sp³-hybridized carbons (Fsp3) is 0.261. The summed E-state index contributed by atoms with van der Waals surface area (Å²) < 4.78 is 16.2. The molecule has 1 aliphatic heterocycles. The molecule has 0 bridgehead atoms. The van der Waals surface area contributed by atoms with Gasteiger partial charge >= 0.3 is 18.0 Å². The van der Waals surface area contributed by atoms with Crippen LogP contribution in [-0.2, 0) is 25.5 Å². The molecule has 34 heavy (non-hydrogen) atoms. The van der Waals surface area contributed by atoms with Crippen molar-refractivity contribution in [2.45, 2.75) is 26.3 Å². The van der Waals surface area contributed by atoms with Crippen LogP contribution in [0.2, 0.25) is 0 Å². The van der Waals surface area contributed by atoms with Crippen molar-refractivity contribution in [2.75, 3.05) is 13.2 Å². The van der Waals surface area contributed by atoms with Crippen molar-refractivity contribution in [3.05, 3.63) is 70.4 Å². The van der Waals surface area contributed by atoms with E-state index in [9.17, 15) is 14.4 Å². The first kappa shape index (κ1) is 23.2. The van der Waals surface area contributed by atoms with E-state index in [-0.39, 0.29) is 30.9 Å². The Morgan fingerprint density at radius 3 is 2.76 bits per heavy atom. The summed E-state index contributed by atoms with van der Waals surface area (Å²) >= 11 is 1.37. The number of ether oxygens (including phenoxy) is 2. The van der Waals surface area contributed by atoms with Crippen LogP contribution < -0.4 is 10.6 Å². The van der Waals surface area contributed by atoms with Gasteiger partial charge in [0.25, 0.3) is 0 Å². The topological polar surface area (TPSA) is 133 Å². The zero-order chi connectivity index (χ0) is 24.1. The van der Waals surface area contributed by atoms with Crippen molar-refractivity contribution < 1.29 is 28.3 Å². The fourth-order valence-electron chi connectivity index (χ4n) is 3.35. The van der Waals surface area contributed by atoms with Gasteiger partial charge in [0, 0.05) is 11.6 Å². The molecule has 2 amide bonds. The Labute approximate surface area is 199 Å². The minimum absolute atomic E-state index is 0.0711. The van der Waals surface area contributed by atoms with Crippen LogP contribution in [0.5, 0.6) is 0 Å². The quantitative estimate of drug-likeness (QED) is 0.468. The van der Waals surface area contributed by atoms with Gasteiger partial charge in [-0.15, -0.1) is 11.3 Å². The van der Waals surface area contributed by atoms with E-state index < -0.39 is 24.0 Å². The standard InChI is InChI=1S/C23H22N4O6S/c1-3-31-22(29)19-16(26-23(30)27-20(19)17-8-7-13(2)33-17)11-32-18(28)10-14-12-34-21(25-14)15-6-4-5-9-24-15/h4-9,12,20H,3,10-11H2,1-2H3,(H2,26,27,30)/t20-/m0/s1. The number of aryl methyl sites for hydroxylation is 1. The van der Waals surface area contributed by atoms with Gasteiger partial charge in [-0.25, -0.2) is 14.6 Å². The Hall–Kier alpha value is -3.99. The molecule has 0 saturated heterocycles. The summed E-state index contributed by atoms with van der Waals surface area (Å²) in [5.74, 6) is -0.234. The Bertz CT molecular complexity index is 1230. The molecule has 4 heterocycles. The number of hydrogen-bond donors (Lipinski definition) is 2. The lowest BCUT2D eigenvalue weighted by Gasteiger charge is -2.27. The van der Waals surface area contributed by atoms with Crippen molar-refractivity contribution in [3.63, 3.8) is 0 Å². The fourth-order valence-corrected chi connectivity index (χ4v) is 4.15. The molecule has 4 rings (SSSR count). The highest BCUT2D eigenvalue weighted by Crippen LogP contribution is 2.29. The molecule has 0 spiro atoms. The Kier molecular flexibility index (Phi) is 7.02. The molecular formula is C23H22N4O6S. The monoisotopic (exact) mass is 482 g/mol. The minimum Gasteiger partial charge on any atom is -0.464 e. The van der Waals surface area contributed by atoms with E-state index in [0.717, 1.165) is 0 Å². The van der Waals surface area contributed by atoms with Gasteiger partial charge in [0.2, 0.25) is 0 Å². The number of rotatable bonds is 8. The van der Waals surface area contributed by atoms with Crippen LogP contribution >= 0.6 is 11.3 Å². The summed E-state index contributed by atoms with van der Waals surface area (Å²) in [5.41, 5.74) is 1.48. The van der Waals surface area contributed by atoms with Crippen LogP contribution in [0.4, 0.5) is 4.79 Å². The second-order valence-electron chi connectivity index (χ2n) is 7.29. The highest BCUT2D eigenvalue weighted by Gasteiger charge is 2.36. The van der Waals surface area contributed by atoms with E-state index >= 15 is 0 Å². The van der Waals surface area contributed by atoms with E-state index in [1.54, 1.807) is 37.6 Å². The Morgan fingerprint density at radius 1 is 1.21 bits per heavy atom. The lowest BCUT2D eigenvalue weighted by atomic mass is 10.0. The second-order valence-corrected chi connectivity index (χ2v) is 8.15. The zero-order valence-electron chi connectivity index (χ0n) is 18.5. The molecule has 2 N–H and O–H groups in total. The number of nitrogens with one attached hydrogen (secondary N) is 2. The van der Waals surface area contributed by atoms with Gasteiger partial charge in [0.1, 0.15) is 29.2 Å². The van der Waals surface area contributed by atoms with Crippen LogP contribution in [0.25, 0.3) is 10.7 Å². The normalized spacial score (nSPS) is 15.5. The lowest BCUT2D eigenvalue weighted by molar-refractivity contribution is -0.143. The molecule has 0 radical (unpaired) electrons. The van der Waals surface area contributed by atoms with Crippen molar-refractivity contribution in [1.82, 2.24) is 20.6 Å². The van der Waals surface area contributed by atoms with Gasteiger partial charge in [0.15, 0.2) is 0 Å². The highest BCUT2D eigenvalue weighted by atomic mass is 32.1. The first-order chi connectivity index (χ1) is 16.4. The molecule has 0 aromatic carbocycles. The molecule has 0 fully saturated rings. The third-order valence-electron chi connectivity index (χ3n) is 4.83. The molecule has 1 aliphatic rings. The predicted octanol–water partition coefficient (Wildman–Crippen LogP) is 3.06. The predicted molar refractivity (Wildman–Crippen MR) is 122 cm³/mol. The maximum Gasteiger partial charge on any atom is 0.338 e. The number of amides is 2. The SMILES string of the molecule is CCOC(=O)C1=C(COC(=O)Cc2csc(-c3ccccn3)n2)NC(=O)N[C@H]1c1ccc(C)o1. The van der Waals surface area contributed by atoms with Crippen molar-refractivity contribution in [2.24, 2.45) is 0 Å². The summed E-state index contributed by atoms with van der Waals surface area (Å²) in [7, 11) is 0. The molecule has 0 aliphatic carbocycles. The largest absolute Gasteiger partial charge is 0.464 e. The Balaban J connectivity index is 1.49. The van der Waals surface area contributed by atoms with E-state index in [1.165, 1.54) is 11.3 Å². The summed E-state index contributed by atoms with van der Waals surface area (Å²) in [6.07, 6.45) is 1.60. The molecule has 3 aromatic rings. The molecule has 11 heteroatoms. The highest BCUT2D eigenvalue weighted by molar-refractivity contribution is 7.13. The van der Waals surface area contributed by atoms with Crippen LogP contribution in [0.15, 0.2) is 57.6 Å². The van der Waals surface area contributed by atoms with Crippen molar-refractivity contribution >= 4 is 29.3 Å². The number of esters is 2. The Morgan fingerprint density at radius 2 is 2.06 bits per heavy atom. The third kappa shape index (κ3) is 5.31. The zero-order valence-corrected chi connectivity index (χ0v) is 19.3. The number of furan rings is 1. The number of nitrogens with zero attached hydrogens (tertiary/aromatic N) is 2. The molecular weight excluding hydrogens is 460 g/mol. The molecule has 1 atom stereocenters. The first-order valence-electron chi connectivity index (χ1n) is 10.5. The molecule has 0 saturated carbocycles. The van der Waals surface area contributed by atoms with E-state index in [1.807, 2.05) is 18.2 Å². The third-order valence-corrected chi connectivity index (χ3v) is 5.75. The summed E-state index contributed by atoms with van der Waals surface area (Å²) in [6, 6.07) is 7.45. The number of carbonyl (C=O) groups is 3. The van der Waals surface area contributed by atoms with E-state index in [0.29, 0.717) is 27.9 Å². The molecule has 176 valence electrons. The van der Waals surface area contributed by atoms with Gasteiger partial charge in [-0.3, -0.25) is 9.78 Å². The number of hydrogen-bond acceptors (Lipinski definition) is 9. The number of aromatic nitrogens is 2. The van der Waals surface area contributed by atoms with Gasteiger partial charge < -0.3 is 24.5 Å². The van der Waals surface area contributed by atoms with Gasteiger partial charge in [-0.1, -0.05) is 6.07 Å². The maximum atomic E-state index is 12.7. The van der Waals surface area contributed by atoms with E-state index in [4.69, 9.17) is 13.9 Å². The van der Waals surface area contributed by atoms with Crippen LogP contribution in [-0.4, -0.2) is 41.2 Å². The molecule has 10 nitrogen and oxygen atoms in total. The number of thiazole rings is 1. The summed E-state index contributed by atoms with van der Waals surface area (Å²) in [6.45, 7) is 3.23. The summed E-state index contributed by atoms with van der Waals surface area (Å²) in [5, 5.41) is 7.65. The first-order valence-corrected chi connectivity index (χ1v) is 11.4. The number of urea groups is 1. The second kappa shape index (κ2) is 10.3. The summed E-state index contributed by atoms with van der Waals surface area (Å²) in [4.78, 5) is 46.1. The van der Waals surface area contributed by atoms with Gasteiger partial charge in [0.05, 0.1) is 35.7 Å². The lowest BCUT2D eigenvalue weighted by Crippen LogP contribution is -2.47. The van der Waals surface area contributed by atoms with Gasteiger partial charge in [-0.2, -0.15) is 0 Å². The van der Waals surface area contributed by atoms with Gasteiger partial charge in [-0.05, 0) is 38.1 Å². The van der Waals surface area contributed by atoms with Crippen LogP contribution in [0.1, 0.15) is 30.2 Å². The van der Waals surface area contributed by atoms with Crippen LogP contribution in [0, 0.1) is 6.92 Å². The minimum atomic E-state index is -0.880. The van der Waals surface area contributed by atoms with Crippen LogP contribution in [0.3, 0.4) is 0 Å². The van der Waals surface area contributed by atoms with E-state index in [2.05, 4.69) is 20.6 Å². The van der Waals surface area contributed by atoms with Crippen molar-refractivity contribution in [3.8, 4) is 10.7 Å².